The first-order chi connectivity index (χ1) is 10.7. The molecule has 0 aromatic rings. The third-order valence-corrected chi connectivity index (χ3v) is 3.07. The number of rotatable bonds is 6. The van der Waals surface area contributed by atoms with Crippen molar-refractivity contribution in [1.29, 1.82) is 0 Å². The molecule has 132 valence electrons. The van der Waals surface area contributed by atoms with E-state index in [1.807, 2.05) is 0 Å². The minimum absolute atomic E-state index is 0.0448. The minimum atomic E-state index is -1.17. The summed E-state index contributed by atoms with van der Waals surface area (Å²) in [7, 11) is 0. The van der Waals surface area contributed by atoms with Gasteiger partial charge in [-0.15, -0.1) is 0 Å². The molecule has 1 heterocycles. The third-order valence-electron chi connectivity index (χ3n) is 3.07. The van der Waals surface area contributed by atoms with Crippen LogP contribution in [-0.2, 0) is 33.3 Å². The van der Waals surface area contributed by atoms with Gasteiger partial charge in [-0.25, -0.2) is 0 Å². The maximum atomic E-state index is 11.4. The van der Waals surface area contributed by atoms with Crippen LogP contribution in [0.5, 0.6) is 0 Å². The van der Waals surface area contributed by atoms with Gasteiger partial charge < -0.3 is 29.4 Å². The summed E-state index contributed by atoms with van der Waals surface area (Å²) in [5.74, 6) is -1.40. The average Bonchev–Trinajstić information content (AvgIpc) is 2.39. The Morgan fingerprint density at radius 3 is 2.35 bits per heavy atom. The van der Waals surface area contributed by atoms with E-state index in [1.165, 1.54) is 27.7 Å². The number of ether oxygens (including phenoxy) is 4. The summed E-state index contributed by atoms with van der Waals surface area (Å²) in [6, 6.07) is -0.645. The predicted molar refractivity (Wildman–Crippen MR) is 76.1 cm³/mol. The second kappa shape index (κ2) is 8.80. The Morgan fingerprint density at radius 1 is 1.22 bits per heavy atom. The van der Waals surface area contributed by atoms with Crippen LogP contribution in [0.2, 0.25) is 0 Å². The summed E-state index contributed by atoms with van der Waals surface area (Å²) in [6.45, 7) is 5.09. The van der Waals surface area contributed by atoms with Crippen molar-refractivity contribution in [3.05, 3.63) is 0 Å². The van der Waals surface area contributed by atoms with Gasteiger partial charge in [0, 0.05) is 20.8 Å². The highest BCUT2D eigenvalue weighted by Crippen LogP contribution is 2.23. The van der Waals surface area contributed by atoms with E-state index in [4.69, 9.17) is 18.9 Å². The van der Waals surface area contributed by atoms with Gasteiger partial charge in [0.05, 0.1) is 12.6 Å². The molecule has 9 heteroatoms. The highest BCUT2D eigenvalue weighted by molar-refractivity contribution is 5.73. The number of aliphatic hydroxyl groups excluding tert-OH is 1. The molecule has 2 N–H and O–H groups in total. The van der Waals surface area contributed by atoms with Crippen LogP contribution < -0.4 is 5.32 Å². The molecule has 1 aliphatic rings. The molecule has 5 atom stereocenters. The summed E-state index contributed by atoms with van der Waals surface area (Å²) in [4.78, 5) is 33.6. The van der Waals surface area contributed by atoms with Crippen LogP contribution in [0.25, 0.3) is 0 Å². The molecule has 0 aromatic carbocycles. The van der Waals surface area contributed by atoms with Crippen LogP contribution in [0.1, 0.15) is 27.7 Å². The van der Waals surface area contributed by atoms with Gasteiger partial charge in [-0.3, -0.25) is 14.4 Å². The van der Waals surface area contributed by atoms with Gasteiger partial charge in [-0.1, -0.05) is 0 Å². The van der Waals surface area contributed by atoms with Gasteiger partial charge in [-0.2, -0.15) is 0 Å². The molecule has 0 aliphatic carbocycles. The Kier molecular flexibility index (Phi) is 7.40. The van der Waals surface area contributed by atoms with E-state index in [0.717, 1.165) is 0 Å². The second-order valence-electron chi connectivity index (χ2n) is 5.26. The summed E-state index contributed by atoms with van der Waals surface area (Å²) >= 11 is 0. The fraction of sp³-hybridized carbons (Fsp3) is 0.786. The molecule has 0 radical (unpaired) electrons. The zero-order valence-corrected chi connectivity index (χ0v) is 13.6. The quantitative estimate of drug-likeness (QED) is 0.474. The molecular formula is C14H23NO8. The molecule has 0 aromatic heterocycles. The Labute approximate surface area is 134 Å². The van der Waals surface area contributed by atoms with E-state index >= 15 is 0 Å². The lowest BCUT2D eigenvalue weighted by Crippen LogP contribution is -2.62. The predicted octanol–water partition coefficient (Wildman–Crippen LogP) is -0.892. The topological polar surface area (TPSA) is 120 Å². The van der Waals surface area contributed by atoms with Crippen LogP contribution in [0.3, 0.4) is 0 Å². The number of hydrogen-bond donors (Lipinski definition) is 2. The lowest BCUT2D eigenvalue weighted by molar-refractivity contribution is -0.239. The van der Waals surface area contributed by atoms with E-state index in [1.54, 1.807) is 0 Å². The van der Waals surface area contributed by atoms with Crippen molar-refractivity contribution < 1.29 is 38.4 Å². The maximum Gasteiger partial charge on any atom is 0.303 e. The molecule has 9 nitrogen and oxygen atoms in total. The summed E-state index contributed by atoms with van der Waals surface area (Å²) < 4.78 is 21.1. The third kappa shape index (κ3) is 6.51. The van der Waals surface area contributed by atoms with Crippen molar-refractivity contribution >= 4 is 17.8 Å². The smallest absolute Gasteiger partial charge is 0.303 e. The Morgan fingerprint density at radius 2 is 1.87 bits per heavy atom. The Bertz CT molecular complexity index is 438. The Hall–Kier alpha value is -1.71. The molecular weight excluding hydrogens is 310 g/mol. The Balaban J connectivity index is 2.96. The summed E-state index contributed by atoms with van der Waals surface area (Å²) in [5, 5.41) is 12.1. The van der Waals surface area contributed by atoms with Gasteiger partial charge in [0.2, 0.25) is 5.91 Å². The lowest BCUT2D eigenvalue weighted by Gasteiger charge is -2.42. The van der Waals surface area contributed by atoms with E-state index in [0.29, 0.717) is 0 Å². The monoisotopic (exact) mass is 333 g/mol. The van der Waals surface area contributed by atoms with Gasteiger partial charge in [0.1, 0.15) is 18.8 Å². The van der Waals surface area contributed by atoms with Gasteiger partial charge in [0.25, 0.3) is 0 Å². The molecule has 1 aliphatic heterocycles. The number of amides is 1. The van der Waals surface area contributed by atoms with E-state index in [-0.39, 0.29) is 19.1 Å². The first-order valence-corrected chi connectivity index (χ1v) is 7.23. The van der Waals surface area contributed by atoms with Crippen molar-refractivity contribution in [2.45, 2.75) is 58.3 Å². The van der Waals surface area contributed by atoms with Crippen molar-refractivity contribution in [2.24, 2.45) is 0 Å². The lowest BCUT2D eigenvalue weighted by atomic mass is 9.97. The largest absolute Gasteiger partial charge is 0.463 e. The molecule has 0 spiro atoms. The van der Waals surface area contributed by atoms with Crippen LogP contribution in [0.15, 0.2) is 0 Å². The first-order valence-electron chi connectivity index (χ1n) is 7.23. The average molecular weight is 333 g/mol. The summed E-state index contributed by atoms with van der Waals surface area (Å²) in [6.07, 6.45) is -3.72. The van der Waals surface area contributed by atoms with Gasteiger partial charge >= 0.3 is 11.9 Å². The minimum Gasteiger partial charge on any atom is -0.463 e. The van der Waals surface area contributed by atoms with Crippen molar-refractivity contribution in [1.82, 2.24) is 5.32 Å². The number of hydrogen-bond acceptors (Lipinski definition) is 8. The standard InChI is InChI=1S/C14H23NO8/c1-7(16)15-11-5-21-12(6-20-8(2)17)14(23-10(4)19)13(11)22-9(3)18/h10-14,19H,5-6H2,1-4H3,(H,15,16)/t10?,11-,12+,13+,14-/m0/s1. The zero-order chi connectivity index (χ0) is 17.6. The number of aliphatic hydroxyl groups is 1. The number of nitrogens with one attached hydrogen (secondary N) is 1. The van der Waals surface area contributed by atoms with Crippen LogP contribution in [-0.4, -0.2) is 66.8 Å². The van der Waals surface area contributed by atoms with Crippen molar-refractivity contribution in [2.75, 3.05) is 13.2 Å². The van der Waals surface area contributed by atoms with Crippen LogP contribution in [0, 0.1) is 0 Å². The van der Waals surface area contributed by atoms with Crippen LogP contribution in [0.4, 0.5) is 0 Å². The molecule has 1 amide bonds. The van der Waals surface area contributed by atoms with E-state index in [9.17, 15) is 19.5 Å². The fourth-order valence-corrected chi connectivity index (χ4v) is 2.32. The molecule has 1 rings (SSSR count). The molecule has 0 saturated carbocycles. The van der Waals surface area contributed by atoms with Crippen molar-refractivity contribution in [3.8, 4) is 0 Å². The number of esters is 2. The molecule has 1 unspecified atom stereocenters. The fourth-order valence-electron chi connectivity index (χ4n) is 2.32. The molecule has 0 bridgehead atoms. The number of carbonyl (C=O) groups excluding carboxylic acids is 3. The van der Waals surface area contributed by atoms with E-state index in [2.05, 4.69) is 5.32 Å². The number of carbonyl (C=O) groups is 3. The molecule has 1 saturated heterocycles. The van der Waals surface area contributed by atoms with Crippen molar-refractivity contribution in [3.63, 3.8) is 0 Å². The maximum absolute atomic E-state index is 11.4. The summed E-state index contributed by atoms with van der Waals surface area (Å²) in [5.41, 5.74) is 0. The second-order valence-corrected chi connectivity index (χ2v) is 5.26. The molecule has 1 fully saturated rings. The van der Waals surface area contributed by atoms with Gasteiger partial charge in [-0.05, 0) is 6.92 Å². The first kappa shape index (κ1) is 19.3. The SMILES string of the molecule is CC(=O)N[C@H]1CO[C@H](COC(C)=O)[C@H](OC(C)O)[C@@H]1OC(C)=O. The van der Waals surface area contributed by atoms with E-state index < -0.39 is 42.6 Å². The normalized spacial score (nSPS) is 28.6. The highest BCUT2D eigenvalue weighted by Gasteiger charge is 2.45. The van der Waals surface area contributed by atoms with Gasteiger partial charge in [0.15, 0.2) is 12.4 Å². The molecule has 23 heavy (non-hydrogen) atoms. The highest BCUT2D eigenvalue weighted by atomic mass is 16.7. The zero-order valence-electron chi connectivity index (χ0n) is 13.6. The van der Waals surface area contributed by atoms with Crippen LogP contribution >= 0.6 is 0 Å².